The van der Waals surface area contributed by atoms with Crippen molar-refractivity contribution in [3.8, 4) is 0 Å². The second-order valence-corrected chi connectivity index (χ2v) is 6.70. The number of rotatable bonds is 17. The van der Waals surface area contributed by atoms with Gasteiger partial charge in [-0.05, 0) is 32.6 Å². The molecular weight excluding hydrogens is 354 g/mol. The predicted molar refractivity (Wildman–Crippen MR) is 115 cm³/mol. The van der Waals surface area contributed by atoms with Crippen LogP contribution < -0.4 is 5.32 Å². The van der Waals surface area contributed by atoms with Crippen molar-refractivity contribution in [2.24, 2.45) is 0 Å². The molecule has 0 aliphatic rings. The summed E-state index contributed by atoms with van der Waals surface area (Å²) in [5.41, 5.74) is 0. The normalized spacial score (nSPS) is 12.8. The Morgan fingerprint density at radius 3 is 2.14 bits per heavy atom. The summed E-state index contributed by atoms with van der Waals surface area (Å²) in [4.78, 5) is 23.2. The zero-order valence-electron chi connectivity index (χ0n) is 17.7. The van der Waals surface area contributed by atoms with Crippen LogP contribution in [0.25, 0.3) is 0 Å². The van der Waals surface area contributed by atoms with E-state index >= 15 is 0 Å². The van der Waals surface area contributed by atoms with Crippen LogP contribution in [0.3, 0.4) is 0 Å². The monoisotopic (exact) mass is 393 g/mol. The van der Waals surface area contributed by atoms with Crippen LogP contribution >= 0.6 is 0 Å². The number of nitrogens with one attached hydrogen (secondary N) is 1. The van der Waals surface area contributed by atoms with Gasteiger partial charge in [-0.3, -0.25) is 4.79 Å². The first-order valence-corrected chi connectivity index (χ1v) is 10.7. The Morgan fingerprint density at radius 1 is 0.893 bits per heavy atom. The van der Waals surface area contributed by atoms with Gasteiger partial charge < -0.3 is 15.2 Å². The number of hydrogen-bond acceptors (Lipinski definition) is 4. The Hall–Kier alpha value is -1.88. The van der Waals surface area contributed by atoms with E-state index in [-0.39, 0.29) is 18.9 Å². The van der Waals surface area contributed by atoms with Gasteiger partial charge >= 0.3 is 5.97 Å². The van der Waals surface area contributed by atoms with E-state index in [9.17, 15) is 9.59 Å². The van der Waals surface area contributed by atoms with Crippen LogP contribution in [0.1, 0.15) is 78.1 Å². The van der Waals surface area contributed by atoms with Gasteiger partial charge in [0.05, 0.1) is 13.2 Å². The first-order valence-electron chi connectivity index (χ1n) is 10.7. The molecule has 0 rings (SSSR count). The standard InChI is InChI=1S/C23H39NO4/c1-3-5-6-7-8-9-10-11-12-13-14-15-16-17-18-19-22(26)24-21(20-25)23(27)28-4-2/h11-12,14-15,17-18,21,25H,3-10,13,16,19-20H2,1-2H3,(H,24,26)/b12-11+,15-14+,18-17+/t21-/m0/s1. The van der Waals surface area contributed by atoms with E-state index in [4.69, 9.17) is 9.84 Å². The molecule has 0 unspecified atom stereocenters. The molecule has 2 N–H and O–H groups in total. The third-order valence-electron chi connectivity index (χ3n) is 4.16. The molecule has 0 aromatic heterocycles. The molecule has 5 heteroatoms. The van der Waals surface area contributed by atoms with E-state index in [1.165, 1.54) is 38.5 Å². The number of amides is 1. The first-order chi connectivity index (χ1) is 13.7. The molecule has 0 bridgehead atoms. The summed E-state index contributed by atoms with van der Waals surface area (Å²) in [6.07, 6.45) is 23.3. The Labute approximate surface area is 170 Å². The van der Waals surface area contributed by atoms with Gasteiger partial charge in [-0.25, -0.2) is 4.79 Å². The molecule has 0 heterocycles. The zero-order chi connectivity index (χ0) is 20.9. The van der Waals surface area contributed by atoms with Crippen LogP contribution in [-0.2, 0) is 14.3 Å². The maximum Gasteiger partial charge on any atom is 0.331 e. The molecule has 0 fully saturated rings. The molecule has 0 aromatic carbocycles. The van der Waals surface area contributed by atoms with Gasteiger partial charge in [0, 0.05) is 6.42 Å². The largest absolute Gasteiger partial charge is 0.464 e. The second kappa shape index (κ2) is 19.9. The Bertz CT molecular complexity index is 483. The van der Waals surface area contributed by atoms with E-state index in [1.807, 2.05) is 6.08 Å². The van der Waals surface area contributed by atoms with Crippen molar-refractivity contribution >= 4 is 11.9 Å². The lowest BCUT2D eigenvalue weighted by Gasteiger charge is -2.13. The van der Waals surface area contributed by atoms with Crippen LogP contribution in [-0.4, -0.2) is 36.2 Å². The molecule has 0 saturated carbocycles. The number of hydrogen-bond donors (Lipinski definition) is 2. The summed E-state index contributed by atoms with van der Waals surface area (Å²) in [5.74, 6) is -0.931. The molecule has 0 aliphatic heterocycles. The van der Waals surface area contributed by atoms with Gasteiger partial charge in [-0.15, -0.1) is 0 Å². The van der Waals surface area contributed by atoms with Crippen LogP contribution in [0, 0.1) is 0 Å². The van der Waals surface area contributed by atoms with Crippen molar-refractivity contribution < 1.29 is 19.4 Å². The predicted octanol–water partition coefficient (Wildman–Crippen LogP) is 4.62. The Balaban J connectivity index is 3.73. The van der Waals surface area contributed by atoms with Crippen LogP contribution in [0.5, 0.6) is 0 Å². The van der Waals surface area contributed by atoms with Gasteiger partial charge in [-0.1, -0.05) is 75.5 Å². The molecule has 5 nitrogen and oxygen atoms in total. The molecule has 0 saturated heterocycles. The number of carbonyl (C=O) groups is 2. The van der Waals surface area contributed by atoms with Gasteiger partial charge in [0.1, 0.15) is 0 Å². The van der Waals surface area contributed by atoms with E-state index in [0.717, 1.165) is 19.3 Å². The van der Waals surface area contributed by atoms with Crippen LogP contribution in [0.4, 0.5) is 0 Å². The summed E-state index contributed by atoms with van der Waals surface area (Å²) in [6, 6.07) is -0.996. The number of unbranched alkanes of at least 4 members (excludes halogenated alkanes) is 6. The molecule has 0 radical (unpaired) electrons. The van der Waals surface area contributed by atoms with Gasteiger partial charge in [0.15, 0.2) is 6.04 Å². The highest BCUT2D eigenvalue weighted by Crippen LogP contribution is 2.07. The van der Waals surface area contributed by atoms with E-state index < -0.39 is 18.6 Å². The number of ether oxygens (including phenoxy) is 1. The lowest BCUT2D eigenvalue weighted by molar-refractivity contribution is -0.148. The minimum atomic E-state index is -0.996. The molecule has 0 aromatic rings. The van der Waals surface area contributed by atoms with Gasteiger partial charge in [0.2, 0.25) is 5.91 Å². The van der Waals surface area contributed by atoms with Gasteiger partial charge in [-0.2, -0.15) is 0 Å². The zero-order valence-corrected chi connectivity index (χ0v) is 17.7. The molecular formula is C23H39NO4. The van der Waals surface area contributed by atoms with Crippen molar-refractivity contribution in [2.45, 2.75) is 84.1 Å². The Kier molecular flexibility index (Phi) is 18.5. The van der Waals surface area contributed by atoms with E-state index in [0.29, 0.717) is 0 Å². The Morgan fingerprint density at radius 2 is 1.50 bits per heavy atom. The number of esters is 1. The molecule has 1 amide bonds. The summed E-state index contributed by atoms with van der Waals surface area (Å²) in [5, 5.41) is 11.6. The summed E-state index contributed by atoms with van der Waals surface area (Å²) in [6.45, 7) is 3.66. The van der Waals surface area contributed by atoms with Gasteiger partial charge in [0.25, 0.3) is 0 Å². The van der Waals surface area contributed by atoms with Crippen molar-refractivity contribution in [1.29, 1.82) is 0 Å². The number of aliphatic hydroxyl groups excluding tert-OH is 1. The lowest BCUT2D eigenvalue weighted by atomic mass is 10.1. The van der Waals surface area contributed by atoms with E-state index in [2.05, 4.69) is 36.5 Å². The average Bonchev–Trinajstić information content (AvgIpc) is 2.69. The first kappa shape index (κ1) is 26.1. The fraction of sp³-hybridized carbons (Fsp3) is 0.652. The van der Waals surface area contributed by atoms with Crippen molar-refractivity contribution in [3.05, 3.63) is 36.5 Å². The maximum absolute atomic E-state index is 11.7. The minimum Gasteiger partial charge on any atom is -0.464 e. The average molecular weight is 394 g/mol. The molecule has 0 spiro atoms. The lowest BCUT2D eigenvalue weighted by Crippen LogP contribution is -2.44. The maximum atomic E-state index is 11.7. The van der Waals surface area contributed by atoms with Crippen LogP contribution in [0.2, 0.25) is 0 Å². The summed E-state index contributed by atoms with van der Waals surface area (Å²) in [7, 11) is 0. The molecule has 160 valence electrons. The smallest absolute Gasteiger partial charge is 0.331 e. The quantitative estimate of drug-likeness (QED) is 0.215. The van der Waals surface area contributed by atoms with Crippen molar-refractivity contribution in [2.75, 3.05) is 13.2 Å². The summed E-state index contributed by atoms with van der Waals surface area (Å²) < 4.78 is 4.78. The van der Waals surface area contributed by atoms with Crippen LogP contribution in [0.15, 0.2) is 36.5 Å². The fourth-order valence-corrected chi connectivity index (χ4v) is 2.57. The second-order valence-electron chi connectivity index (χ2n) is 6.70. The third-order valence-corrected chi connectivity index (χ3v) is 4.16. The number of allylic oxidation sites excluding steroid dienone is 5. The third kappa shape index (κ3) is 16.3. The molecule has 28 heavy (non-hydrogen) atoms. The van der Waals surface area contributed by atoms with Crippen molar-refractivity contribution in [3.63, 3.8) is 0 Å². The summed E-state index contributed by atoms with van der Waals surface area (Å²) >= 11 is 0. The van der Waals surface area contributed by atoms with E-state index in [1.54, 1.807) is 13.0 Å². The molecule has 0 aliphatic carbocycles. The van der Waals surface area contributed by atoms with Crippen molar-refractivity contribution in [1.82, 2.24) is 5.32 Å². The highest BCUT2D eigenvalue weighted by molar-refractivity contribution is 5.85. The molecule has 1 atom stereocenters. The fourth-order valence-electron chi connectivity index (χ4n) is 2.57. The highest BCUT2D eigenvalue weighted by atomic mass is 16.5. The minimum absolute atomic E-state index is 0.169. The number of carbonyl (C=O) groups excluding carboxylic acids is 2. The SMILES string of the molecule is CCCCCCCC/C=C/C/C=C/C/C=C/CC(=O)N[C@@H](CO)C(=O)OCC. The number of aliphatic hydroxyl groups is 1. The topological polar surface area (TPSA) is 75.6 Å². The highest BCUT2D eigenvalue weighted by Gasteiger charge is 2.20.